The average molecular weight is 481 g/mol. The van der Waals surface area contributed by atoms with E-state index in [2.05, 4.69) is 0 Å². The first-order valence-corrected chi connectivity index (χ1v) is 7.64. The molecule has 0 atom stereocenters. The molecule has 0 spiro atoms. The molecule has 0 aliphatic rings. The standard InChI is InChI=1S/C15H9N6O8.BrH/c22-18(23)10-1-3-12(14(7-10)20(26)27)16-5-6-17(9-16)13-4-2-11(19(24)25)8-15(13)21(28)29;/h1-9H;1H/q+1;/p-1. The molecule has 0 radical (unpaired) electrons. The summed E-state index contributed by atoms with van der Waals surface area (Å²) in [7, 11) is 0. The molecule has 1 aromatic heterocycles. The van der Waals surface area contributed by atoms with E-state index in [1.54, 1.807) is 0 Å². The zero-order chi connectivity index (χ0) is 21.3. The molecule has 3 rings (SSSR count). The number of nitro benzene ring substituents is 4. The second kappa shape index (κ2) is 8.39. The highest BCUT2D eigenvalue weighted by Gasteiger charge is 2.27. The quantitative estimate of drug-likeness (QED) is 0.254. The van der Waals surface area contributed by atoms with Crippen LogP contribution in [-0.4, -0.2) is 24.3 Å². The van der Waals surface area contributed by atoms with Crippen LogP contribution >= 0.6 is 0 Å². The number of nitrogens with zero attached hydrogens (tertiary/aromatic N) is 6. The van der Waals surface area contributed by atoms with Gasteiger partial charge in [0.05, 0.1) is 31.8 Å². The first kappa shape index (κ1) is 22.0. The topological polar surface area (TPSA) is 181 Å². The number of non-ortho nitro benzene ring substituents is 2. The minimum Gasteiger partial charge on any atom is -1.00 e. The first-order chi connectivity index (χ1) is 13.7. The van der Waals surface area contributed by atoms with Crippen molar-refractivity contribution in [3.8, 4) is 11.4 Å². The van der Waals surface area contributed by atoms with Gasteiger partial charge < -0.3 is 17.0 Å². The third kappa shape index (κ3) is 4.09. The number of aromatic nitrogens is 2. The molecule has 2 aromatic carbocycles. The SMILES string of the molecule is O=[N+]([O-])c1ccc(-n2cc[n+](-c3ccc([N+](=O)[O-])cc3[N+](=O)[O-])c2)c([N+](=O)[O-])c1.[Br-]. The van der Waals surface area contributed by atoms with Gasteiger partial charge in [-0.3, -0.25) is 40.5 Å². The van der Waals surface area contributed by atoms with E-state index in [1.165, 1.54) is 40.0 Å². The van der Waals surface area contributed by atoms with Crippen LogP contribution in [0.25, 0.3) is 11.4 Å². The number of benzene rings is 2. The van der Waals surface area contributed by atoms with Gasteiger partial charge in [0, 0.05) is 12.1 Å². The predicted octanol–water partition coefficient (Wildman–Crippen LogP) is -0.609. The van der Waals surface area contributed by atoms with Crippen LogP contribution in [0.2, 0.25) is 0 Å². The number of nitro groups is 4. The molecule has 0 saturated heterocycles. The van der Waals surface area contributed by atoms with E-state index in [4.69, 9.17) is 0 Å². The van der Waals surface area contributed by atoms with Gasteiger partial charge in [0.1, 0.15) is 12.4 Å². The van der Waals surface area contributed by atoms with Gasteiger partial charge in [-0.2, -0.15) is 9.13 Å². The van der Waals surface area contributed by atoms with Crippen LogP contribution in [0, 0.1) is 40.5 Å². The molecule has 15 heteroatoms. The molecule has 3 aromatic rings. The smallest absolute Gasteiger partial charge is 0.322 e. The Morgan fingerprint density at radius 3 is 1.80 bits per heavy atom. The molecule has 154 valence electrons. The van der Waals surface area contributed by atoms with Gasteiger partial charge in [0.25, 0.3) is 17.7 Å². The van der Waals surface area contributed by atoms with E-state index in [0.717, 1.165) is 24.3 Å². The summed E-state index contributed by atoms with van der Waals surface area (Å²) in [5, 5.41) is 44.3. The molecule has 0 unspecified atom stereocenters. The lowest BCUT2D eigenvalue weighted by molar-refractivity contribution is -0.600. The minimum atomic E-state index is -0.791. The van der Waals surface area contributed by atoms with Crippen molar-refractivity contribution in [2.45, 2.75) is 0 Å². The Balaban J connectivity index is 0.00000320. The summed E-state index contributed by atoms with van der Waals surface area (Å²) < 4.78 is 2.49. The number of rotatable bonds is 6. The van der Waals surface area contributed by atoms with Gasteiger partial charge in [-0.05, 0) is 12.1 Å². The minimum absolute atomic E-state index is 0. The van der Waals surface area contributed by atoms with Gasteiger partial charge in [-0.15, -0.1) is 0 Å². The summed E-state index contributed by atoms with van der Waals surface area (Å²) in [5.74, 6) is 0. The second-order valence-electron chi connectivity index (χ2n) is 5.60. The zero-order valence-electron chi connectivity index (χ0n) is 14.5. The summed E-state index contributed by atoms with van der Waals surface area (Å²) in [6.45, 7) is 0. The van der Waals surface area contributed by atoms with Crippen molar-refractivity contribution in [3.63, 3.8) is 0 Å². The lowest BCUT2D eigenvalue weighted by atomic mass is 10.2. The Hall–Kier alpha value is -4.27. The monoisotopic (exact) mass is 480 g/mol. The molecule has 0 N–H and O–H groups in total. The normalized spacial score (nSPS) is 10.1. The largest absolute Gasteiger partial charge is 1.00 e. The Bertz CT molecular complexity index is 1100. The first-order valence-electron chi connectivity index (χ1n) is 7.64. The van der Waals surface area contributed by atoms with Crippen LogP contribution in [0.1, 0.15) is 0 Å². The van der Waals surface area contributed by atoms with Crippen LogP contribution in [0.15, 0.2) is 55.1 Å². The maximum Gasteiger partial charge on any atom is 0.322 e. The van der Waals surface area contributed by atoms with Crippen molar-refractivity contribution in [1.82, 2.24) is 4.57 Å². The molecular weight excluding hydrogens is 472 g/mol. The zero-order valence-corrected chi connectivity index (χ0v) is 16.1. The highest BCUT2D eigenvalue weighted by Crippen LogP contribution is 2.28. The van der Waals surface area contributed by atoms with E-state index >= 15 is 0 Å². The maximum absolute atomic E-state index is 11.3. The van der Waals surface area contributed by atoms with E-state index in [1.807, 2.05) is 0 Å². The molecule has 14 nitrogen and oxygen atoms in total. The molecule has 0 fully saturated rings. The molecule has 0 aliphatic carbocycles. The van der Waals surface area contributed by atoms with E-state index < -0.39 is 42.4 Å². The van der Waals surface area contributed by atoms with Gasteiger partial charge in [-0.1, -0.05) is 0 Å². The Labute approximate surface area is 176 Å². The summed E-state index contributed by atoms with van der Waals surface area (Å²) in [6, 6.07) is 6.11. The molecule has 0 saturated carbocycles. The summed E-state index contributed by atoms with van der Waals surface area (Å²) in [5.41, 5.74) is -2.04. The Morgan fingerprint density at radius 2 is 1.27 bits per heavy atom. The predicted molar refractivity (Wildman–Crippen MR) is 93.9 cm³/mol. The third-order valence-electron chi connectivity index (χ3n) is 3.93. The fourth-order valence-corrected chi connectivity index (χ4v) is 2.62. The number of hydrogen-bond donors (Lipinski definition) is 0. The number of halogens is 1. The van der Waals surface area contributed by atoms with Crippen molar-refractivity contribution >= 4 is 22.7 Å². The van der Waals surface area contributed by atoms with Crippen LogP contribution in [0.4, 0.5) is 22.7 Å². The summed E-state index contributed by atoms with van der Waals surface area (Å²) in [6.07, 6.45) is 3.96. The van der Waals surface area contributed by atoms with Gasteiger partial charge in [-0.25, -0.2) is 0 Å². The van der Waals surface area contributed by atoms with E-state index in [9.17, 15) is 40.5 Å². The summed E-state index contributed by atoms with van der Waals surface area (Å²) >= 11 is 0. The molecule has 30 heavy (non-hydrogen) atoms. The van der Waals surface area contributed by atoms with E-state index in [0.29, 0.717) is 0 Å². The van der Waals surface area contributed by atoms with Crippen LogP contribution < -0.4 is 21.5 Å². The third-order valence-corrected chi connectivity index (χ3v) is 3.93. The lowest BCUT2D eigenvalue weighted by Crippen LogP contribution is -3.00. The summed E-state index contributed by atoms with van der Waals surface area (Å²) in [4.78, 5) is 41.2. The average Bonchev–Trinajstić information content (AvgIpc) is 3.16. The number of imidazole rings is 1. The Kier molecular flexibility index (Phi) is 6.16. The molecule has 0 aliphatic heterocycles. The highest BCUT2D eigenvalue weighted by atomic mass is 79.9. The Morgan fingerprint density at radius 1 is 0.733 bits per heavy atom. The van der Waals surface area contributed by atoms with Crippen LogP contribution in [0.3, 0.4) is 0 Å². The van der Waals surface area contributed by atoms with Crippen LogP contribution in [-0.2, 0) is 0 Å². The van der Waals surface area contributed by atoms with Crippen molar-refractivity contribution in [1.29, 1.82) is 0 Å². The maximum atomic E-state index is 11.3. The van der Waals surface area contributed by atoms with Gasteiger partial charge >= 0.3 is 11.4 Å². The fourth-order valence-electron chi connectivity index (χ4n) is 2.62. The molecular formula is C15H9BrN6O8. The van der Waals surface area contributed by atoms with Crippen molar-refractivity contribution in [2.24, 2.45) is 0 Å². The van der Waals surface area contributed by atoms with Crippen molar-refractivity contribution in [2.75, 3.05) is 0 Å². The van der Waals surface area contributed by atoms with E-state index in [-0.39, 0.29) is 28.4 Å². The van der Waals surface area contributed by atoms with Gasteiger partial charge in [0.15, 0.2) is 0 Å². The van der Waals surface area contributed by atoms with Crippen LogP contribution in [0.5, 0.6) is 0 Å². The highest BCUT2D eigenvalue weighted by molar-refractivity contribution is 5.58. The lowest BCUT2D eigenvalue weighted by Gasteiger charge is -2.00. The number of hydrogen-bond acceptors (Lipinski definition) is 8. The second-order valence-corrected chi connectivity index (χ2v) is 5.60. The molecule has 1 heterocycles. The van der Waals surface area contributed by atoms with Crippen molar-refractivity contribution in [3.05, 3.63) is 95.6 Å². The van der Waals surface area contributed by atoms with Crippen molar-refractivity contribution < 1.29 is 41.2 Å². The van der Waals surface area contributed by atoms with Gasteiger partial charge in [0.2, 0.25) is 11.4 Å². The fraction of sp³-hybridized carbons (Fsp3) is 0. The molecule has 0 amide bonds. The molecule has 0 bridgehead atoms.